The number of hydrogen-bond donors (Lipinski definition) is 1. The molecule has 1 saturated heterocycles. The van der Waals surface area contributed by atoms with Crippen molar-refractivity contribution in [2.45, 2.75) is 18.9 Å². The van der Waals surface area contributed by atoms with E-state index in [0.29, 0.717) is 9.50 Å². The summed E-state index contributed by atoms with van der Waals surface area (Å²) in [5, 5.41) is 3.92. The molecular formula is C10H10BrClFN. The average molecular weight is 279 g/mol. The second-order valence-electron chi connectivity index (χ2n) is 3.44. The zero-order valence-electron chi connectivity index (χ0n) is 7.49. The molecule has 0 bridgehead atoms. The van der Waals surface area contributed by atoms with Crippen LogP contribution in [0.25, 0.3) is 0 Å². The Kier molecular flexibility index (Phi) is 3.10. The van der Waals surface area contributed by atoms with Crippen molar-refractivity contribution in [2.75, 3.05) is 6.54 Å². The summed E-state index contributed by atoms with van der Waals surface area (Å²) in [5.74, 6) is -0.252. The second-order valence-corrected chi connectivity index (χ2v) is 4.70. The lowest BCUT2D eigenvalue weighted by Crippen LogP contribution is -2.13. The van der Waals surface area contributed by atoms with Gasteiger partial charge in [-0.1, -0.05) is 11.6 Å². The Balaban J connectivity index is 2.37. The summed E-state index contributed by atoms with van der Waals surface area (Å²) in [6.45, 7) is 0.985. The number of benzene rings is 1. The van der Waals surface area contributed by atoms with E-state index in [4.69, 9.17) is 11.6 Å². The van der Waals surface area contributed by atoms with Gasteiger partial charge in [0.2, 0.25) is 0 Å². The number of halogens is 3. The summed E-state index contributed by atoms with van der Waals surface area (Å²) in [6, 6.07) is 3.34. The highest BCUT2D eigenvalue weighted by molar-refractivity contribution is 9.10. The first-order chi connectivity index (χ1) is 6.68. The number of nitrogens with one attached hydrogen (secondary N) is 1. The van der Waals surface area contributed by atoms with E-state index in [-0.39, 0.29) is 11.9 Å². The van der Waals surface area contributed by atoms with Crippen LogP contribution in [0.4, 0.5) is 4.39 Å². The zero-order chi connectivity index (χ0) is 10.1. The Morgan fingerprint density at radius 1 is 1.50 bits per heavy atom. The molecule has 0 aliphatic carbocycles. The van der Waals surface area contributed by atoms with E-state index in [0.717, 1.165) is 24.9 Å². The molecule has 1 aliphatic rings. The molecule has 4 heteroatoms. The van der Waals surface area contributed by atoms with Crippen molar-refractivity contribution < 1.29 is 4.39 Å². The first-order valence-corrected chi connectivity index (χ1v) is 5.73. The monoisotopic (exact) mass is 277 g/mol. The molecule has 1 aromatic carbocycles. The first-order valence-electron chi connectivity index (χ1n) is 4.56. The van der Waals surface area contributed by atoms with Gasteiger partial charge in [0.15, 0.2) is 0 Å². The molecule has 2 rings (SSSR count). The largest absolute Gasteiger partial charge is 0.310 e. The average Bonchev–Trinajstić information content (AvgIpc) is 2.64. The molecule has 0 aromatic heterocycles. The fraction of sp³-hybridized carbons (Fsp3) is 0.400. The predicted octanol–water partition coefficient (Wildman–Crippen LogP) is 3.67. The van der Waals surface area contributed by atoms with Gasteiger partial charge in [0, 0.05) is 11.1 Å². The van der Waals surface area contributed by atoms with Crippen LogP contribution in [0.1, 0.15) is 24.4 Å². The highest BCUT2D eigenvalue weighted by Crippen LogP contribution is 2.32. The lowest BCUT2D eigenvalue weighted by molar-refractivity contribution is 0.602. The van der Waals surface area contributed by atoms with Crippen LogP contribution in [0.3, 0.4) is 0 Å². The molecule has 14 heavy (non-hydrogen) atoms. The van der Waals surface area contributed by atoms with Gasteiger partial charge < -0.3 is 5.32 Å². The van der Waals surface area contributed by atoms with Gasteiger partial charge in [-0.2, -0.15) is 0 Å². The predicted molar refractivity (Wildman–Crippen MR) is 59.1 cm³/mol. The summed E-state index contributed by atoms with van der Waals surface area (Å²) in [6.07, 6.45) is 2.15. The second kappa shape index (κ2) is 4.17. The van der Waals surface area contributed by atoms with Crippen molar-refractivity contribution in [3.8, 4) is 0 Å². The van der Waals surface area contributed by atoms with Crippen LogP contribution < -0.4 is 5.32 Å². The minimum Gasteiger partial charge on any atom is -0.310 e. The van der Waals surface area contributed by atoms with Crippen molar-refractivity contribution in [3.05, 3.63) is 33.0 Å². The molecule has 0 unspecified atom stereocenters. The first kappa shape index (κ1) is 10.4. The Labute approximate surface area is 95.8 Å². The van der Waals surface area contributed by atoms with Gasteiger partial charge in [0.05, 0.1) is 4.47 Å². The van der Waals surface area contributed by atoms with Crippen LogP contribution in [0.2, 0.25) is 5.02 Å². The van der Waals surface area contributed by atoms with Gasteiger partial charge in [-0.05, 0) is 53.0 Å². The van der Waals surface area contributed by atoms with E-state index >= 15 is 0 Å². The Morgan fingerprint density at radius 3 is 2.93 bits per heavy atom. The van der Waals surface area contributed by atoms with Crippen molar-refractivity contribution in [1.29, 1.82) is 0 Å². The number of hydrogen-bond acceptors (Lipinski definition) is 1. The normalized spacial score (nSPS) is 21.5. The van der Waals surface area contributed by atoms with E-state index < -0.39 is 0 Å². The van der Waals surface area contributed by atoms with Gasteiger partial charge in [0.25, 0.3) is 0 Å². The summed E-state index contributed by atoms with van der Waals surface area (Å²) >= 11 is 9.15. The maximum absolute atomic E-state index is 13.3. The Bertz CT molecular complexity index is 350. The zero-order valence-corrected chi connectivity index (χ0v) is 9.83. The van der Waals surface area contributed by atoms with Crippen LogP contribution >= 0.6 is 27.5 Å². The molecular weight excluding hydrogens is 268 g/mol. The molecule has 76 valence electrons. The minimum atomic E-state index is -0.252. The third-order valence-electron chi connectivity index (χ3n) is 2.48. The van der Waals surface area contributed by atoms with Crippen LogP contribution in [-0.2, 0) is 0 Å². The molecule has 0 radical (unpaired) electrons. The van der Waals surface area contributed by atoms with Crippen molar-refractivity contribution in [1.82, 2.24) is 5.32 Å². The molecule has 1 aliphatic heterocycles. The summed E-state index contributed by atoms with van der Waals surface area (Å²) in [5.41, 5.74) is 0.866. The van der Waals surface area contributed by atoms with Gasteiger partial charge in [0.1, 0.15) is 5.82 Å². The van der Waals surface area contributed by atoms with Crippen LogP contribution in [0.5, 0.6) is 0 Å². The lowest BCUT2D eigenvalue weighted by atomic mass is 10.1. The molecule has 1 nitrogen and oxygen atoms in total. The van der Waals surface area contributed by atoms with Crippen LogP contribution in [0.15, 0.2) is 16.6 Å². The SMILES string of the molecule is Fc1cc([C@H]2CCCN2)c(Cl)cc1Br. The molecule has 0 spiro atoms. The highest BCUT2D eigenvalue weighted by Gasteiger charge is 2.20. The third-order valence-corrected chi connectivity index (χ3v) is 3.41. The van der Waals surface area contributed by atoms with Gasteiger partial charge >= 0.3 is 0 Å². The Morgan fingerprint density at radius 2 is 2.29 bits per heavy atom. The van der Waals surface area contributed by atoms with Gasteiger partial charge in [-0.25, -0.2) is 4.39 Å². The highest BCUT2D eigenvalue weighted by atomic mass is 79.9. The maximum atomic E-state index is 13.3. The van der Waals surface area contributed by atoms with Crippen molar-refractivity contribution >= 4 is 27.5 Å². The molecule has 0 amide bonds. The Hall–Kier alpha value is -0.120. The molecule has 1 atom stereocenters. The van der Waals surface area contributed by atoms with E-state index in [1.165, 1.54) is 6.07 Å². The maximum Gasteiger partial charge on any atom is 0.137 e. The van der Waals surface area contributed by atoms with Gasteiger partial charge in [-0.15, -0.1) is 0 Å². The quantitative estimate of drug-likeness (QED) is 0.773. The van der Waals surface area contributed by atoms with E-state index in [1.54, 1.807) is 6.07 Å². The fourth-order valence-electron chi connectivity index (χ4n) is 1.75. The molecule has 1 N–H and O–H groups in total. The molecule has 1 fully saturated rings. The van der Waals surface area contributed by atoms with E-state index in [9.17, 15) is 4.39 Å². The molecule has 1 heterocycles. The van der Waals surface area contributed by atoms with Crippen molar-refractivity contribution in [2.24, 2.45) is 0 Å². The van der Waals surface area contributed by atoms with Crippen LogP contribution in [-0.4, -0.2) is 6.54 Å². The lowest BCUT2D eigenvalue weighted by Gasteiger charge is -2.13. The summed E-state index contributed by atoms with van der Waals surface area (Å²) in [7, 11) is 0. The summed E-state index contributed by atoms with van der Waals surface area (Å²) < 4.78 is 13.7. The minimum absolute atomic E-state index is 0.213. The van der Waals surface area contributed by atoms with Gasteiger partial charge in [-0.3, -0.25) is 0 Å². The summed E-state index contributed by atoms with van der Waals surface area (Å²) in [4.78, 5) is 0. The smallest absolute Gasteiger partial charge is 0.137 e. The third kappa shape index (κ3) is 1.95. The van der Waals surface area contributed by atoms with E-state index in [1.807, 2.05) is 0 Å². The standard InChI is InChI=1S/C10H10BrClFN/c11-7-5-8(12)6(4-9(7)13)10-2-1-3-14-10/h4-5,10,14H,1-3H2/t10-/m1/s1. The topological polar surface area (TPSA) is 12.0 Å². The van der Waals surface area contributed by atoms with E-state index in [2.05, 4.69) is 21.2 Å². The molecule has 1 aromatic rings. The van der Waals surface area contributed by atoms with Crippen LogP contribution in [0, 0.1) is 5.82 Å². The molecule has 0 saturated carbocycles. The fourth-order valence-corrected chi connectivity index (χ4v) is 2.53. The van der Waals surface area contributed by atoms with Crippen molar-refractivity contribution in [3.63, 3.8) is 0 Å². The number of rotatable bonds is 1.